The average molecular weight is 298 g/mol. The van der Waals surface area contributed by atoms with Gasteiger partial charge in [0, 0.05) is 5.56 Å². The maximum Gasteiger partial charge on any atom is 0.255 e. The first-order valence-corrected chi connectivity index (χ1v) is 6.52. The molecule has 0 saturated carbocycles. The third-order valence-corrected chi connectivity index (χ3v) is 2.96. The molecule has 0 heterocycles. The van der Waals surface area contributed by atoms with E-state index in [1.54, 1.807) is 24.3 Å². The highest BCUT2D eigenvalue weighted by Crippen LogP contribution is 2.08. The van der Waals surface area contributed by atoms with E-state index < -0.39 is 23.4 Å². The van der Waals surface area contributed by atoms with Crippen LogP contribution in [0.15, 0.2) is 54.2 Å². The van der Waals surface area contributed by atoms with Crippen molar-refractivity contribution < 1.29 is 19.1 Å². The summed E-state index contributed by atoms with van der Waals surface area (Å²) in [7, 11) is 0. The number of carboxylic acid groups (broad SMARTS) is 1. The molecule has 22 heavy (non-hydrogen) atoms. The van der Waals surface area contributed by atoms with Gasteiger partial charge in [0.25, 0.3) is 5.91 Å². The van der Waals surface area contributed by atoms with Crippen LogP contribution in [0.2, 0.25) is 0 Å². The molecular formula is C17H13FNO3-. The fourth-order valence-corrected chi connectivity index (χ4v) is 1.77. The van der Waals surface area contributed by atoms with Gasteiger partial charge in [-0.05, 0) is 42.8 Å². The summed E-state index contributed by atoms with van der Waals surface area (Å²) >= 11 is 0. The highest BCUT2D eigenvalue weighted by Gasteiger charge is 2.08. The second kappa shape index (κ2) is 6.67. The Hall–Kier alpha value is -2.95. The molecule has 2 rings (SSSR count). The molecule has 1 amide bonds. The Balaban J connectivity index is 2.21. The zero-order chi connectivity index (χ0) is 16.1. The second-order valence-electron chi connectivity index (χ2n) is 4.72. The summed E-state index contributed by atoms with van der Waals surface area (Å²) in [5.41, 5.74) is 1.36. The number of nitrogens with one attached hydrogen (secondary N) is 1. The number of amides is 1. The van der Waals surface area contributed by atoms with E-state index in [1.807, 2.05) is 6.92 Å². The fraction of sp³-hybridized carbons (Fsp3) is 0.0588. The van der Waals surface area contributed by atoms with Gasteiger partial charge in [0.15, 0.2) is 0 Å². The van der Waals surface area contributed by atoms with Crippen LogP contribution in [0.1, 0.15) is 21.5 Å². The molecule has 112 valence electrons. The van der Waals surface area contributed by atoms with Crippen LogP contribution in [0, 0.1) is 12.7 Å². The molecule has 0 bridgehead atoms. The Kier molecular flexibility index (Phi) is 4.68. The van der Waals surface area contributed by atoms with E-state index in [1.165, 1.54) is 30.3 Å². The van der Waals surface area contributed by atoms with Gasteiger partial charge in [0.05, 0.1) is 11.7 Å². The highest BCUT2D eigenvalue weighted by atomic mass is 19.1. The summed E-state index contributed by atoms with van der Waals surface area (Å²) in [6, 6.07) is 11.9. The average Bonchev–Trinajstić information content (AvgIpc) is 2.49. The molecule has 0 fully saturated rings. The van der Waals surface area contributed by atoms with Crippen molar-refractivity contribution in [2.24, 2.45) is 0 Å². The Morgan fingerprint density at radius 2 is 1.64 bits per heavy atom. The van der Waals surface area contributed by atoms with Gasteiger partial charge in [0.1, 0.15) is 5.82 Å². The Morgan fingerprint density at radius 1 is 1.05 bits per heavy atom. The summed E-state index contributed by atoms with van der Waals surface area (Å²) in [6.45, 7) is 1.88. The van der Waals surface area contributed by atoms with Crippen LogP contribution in [-0.4, -0.2) is 11.9 Å². The zero-order valence-corrected chi connectivity index (χ0v) is 11.8. The number of carbonyl (C=O) groups excluding carboxylic acids is 2. The van der Waals surface area contributed by atoms with E-state index in [-0.39, 0.29) is 0 Å². The standard InChI is InChI=1S/C17H14FNO3/c1-11-2-6-13(7-3-11)16(20)19-15(17(21)22)10-12-4-8-14(18)9-5-12/h2-10H,1H3,(H,19,20)(H,21,22)/p-1/b15-10+. The minimum absolute atomic E-state index is 0.330. The fourth-order valence-electron chi connectivity index (χ4n) is 1.77. The summed E-state index contributed by atoms with van der Waals surface area (Å²) in [5, 5.41) is 13.4. The number of carboxylic acids is 1. The van der Waals surface area contributed by atoms with Gasteiger partial charge in [-0.3, -0.25) is 4.79 Å². The number of rotatable bonds is 4. The number of halogens is 1. The Bertz CT molecular complexity index is 719. The lowest BCUT2D eigenvalue weighted by atomic mass is 10.1. The molecule has 2 aromatic carbocycles. The van der Waals surface area contributed by atoms with Gasteiger partial charge in [-0.25, -0.2) is 4.39 Å². The van der Waals surface area contributed by atoms with Gasteiger partial charge in [-0.1, -0.05) is 29.8 Å². The Morgan fingerprint density at radius 3 is 2.18 bits per heavy atom. The molecule has 0 radical (unpaired) electrons. The van der Waals surface area contributed by atoms with Crippen molar-refractivity contribution in [3.8, 4) is 0 Å². The van der Waals surface area contributed by atoms with Crippen molar-refractivity contribution >= 4 is 18.0 Å². The summed E-state index contributed by atoms with van der Waals surface area (Å²) in [5.74, 6) is -2.52. The Labute approximate surface area is 126 Å². The number of aliphatic carboxylic acids is 1. The SMILES string of the molecule is Cc1ccc(C(=O)N/C(=C/c2ccc(F)cc2)C(=O)[O-])cc1. The number of hydrogen-bond donors (Lipinski definition) is 1. The quantitative estimate of drug-likeness (QED) is 0.873. The summed E-state index contributed by atoms with van der Waals surface area (Å²) in [6.07, 6.45) is 1.21. The molecule has 0 aromatic heterocycles. The van der Waals surface area contributed by atoms with Crippen molar-refractivity contribution in [2.45, 2.75) is 6.92 Å². The molecule has 0 spiro atoms. The first kappa shape index (κ1) is 15.4. The lowest BCUT2D eigenvalue weighted by Gasteiger charge is -2.11. The molecule has 4 nitrogen and oxygen atoms in total. The predicted molar refractivity (Wildman–Crippen MR) is 78.0 cm³/mol. The van der Waals surface area contributed by atoms with Crippen LogP contribution < -0.4 is 10.4 Å². The van der Waals surface area contributed by atoms with Crippen LogP contribution in [0.3, 0.4) is 0 Å². The molecule has 5 heteroatoms. The van der Waals surface area contributed by atoms with Crippen LogP contribution in [0.5, 0.6) is 0 Å². The minimum atomic E-state index is -1.52. The largest absolute Gasteiger partial charge is 0.543 e. The topological polar surface area (TPSA) is 69.2 Å². The van der Waals surface area contributed by atoms with Crippen molar-refractivity contribution in [2.75, 3.05) is 0 Å². The van der Waals surface area contributed by atoms with E-state index in [0.29, 0.717) is 11.1 Å². The molecule has 2 aromatic rings. The van der Waals surface area contributed by atoms with Crippen LogP contribution in [0.4, 0.5) is 4.39 Å². The molecule has 0 atom stereocenters. The van der Waals surface area contributed by atoms with Crippen LogP contribution in [-0.2, 0) is 4.79 Å². The first-order valence-electron chi connectivity index (χ1n) is 6.52. The van der Waals surface area contributed by atoms with E-state index in [0.717, 1.165) is 5.56 Å². The summed E-state index contributed by atoms with van der Waals surface area (Å²) < 4.78 is 12.8. The lowest BCUT2D eigenvalue weighted by Crippen LogP contribution is -2.35. The van der Waals surface area contributed by atoms with Gasteiger partial charge in [-0.2, -0.15) is 0 Å². The molecular weight excluding hydrogens is 285 g/mol. The van der Waals surface area contributed by atoms with Gasteiger partial charge >= 0.3 is 0 Å². The minimum Gasteiger partial charge on any atom is -0.543 e. The molecule has 0 saturated heterocycles. The van der Waals surface area contributed by atoms with E-state index in [2.05, 4.69) is 5.32 Å². The highest BCUT2D eigenvalue weighted by molar-refractivity contribution is 6.02. The number of hydrogen-bond acceptors (Lipinski definition) is 3. The normalized spacial score (nSPS) is 11.1. The molecule has 0 unspecified atom stereocenters. The van der Waals surface area contributed by atoms with Crippen molar-refractivity contribution in [3.63, 3.8) is 0 Å². The number of benzene rings is 2. The van der Waals surface area contributed by atoms with E-state index >= 15 is 0 Å². The van der Waals surface area contributed by atoms with Crippen molar-refractivity contribution in [1.82, 2.24) is 5.32 Å². The van der Waals surface area contributed by atoms with Gasteiger partial charge < -0.3 is 15.2 Å². The molecule has 0 aliphatic carbocycles. The second-order valence-corrected chi connectivity index (χ2v) is 4.72. The zero-order valence-electron chi connectivity index (χ0n) is 11.8. The lowest BCUT2D eigenvalue weighted by molar-refractivity contribution is -0.299. The maximum absolute atomic E-state index is 12.8. The predicted octanol–water partition coefficient (Wildman–Crippen LogP) is 1.65. The third-order valence-electron chi connectivity index (χ3n) is 2.96. The smallest absolute Gasteiger partial charge is 0.255 e. The molecule has 0 aliphatic heterocycles. The molecule has 0 aliphatic rings. The van der Waals surface area contributed by atoms with E-state index in [9.17, 15) is 19.1 Å². The van der Waals surface area contributed by atoms with E-state index in [4.69, 9.17) is 0 Å². The first-order chi connectivity index (χ1) is 10.5. The van der Waals surface area contributed by atoms with Crippen molar-refractivity contribution in [3.05, 3.63) is 76.7 Å². The number of carbonyl (C=O) groups is 2. The third kappa shape index (κ3) is 4.02. The van der Waals surface area contributed by atoms with Crippen molar-refractivity contribution in [1.29, 1.82) is 0 Å². The molecule has 1 N–H and O–H groups in total. The van der Waals surface area contributed by atoms with Gasteiger partial charge in [0.2, 0.25) is 0 Å². The summed E-state index contributed by atoms with van der Waals surface area (Å²) in [4.78, 5) is 23.1. The number of aryl methyl sites for hydroxylation is 1. The van der Waals surface area contributed by atoms with Gasteiger partial charge in [-0.15, -0.1) is 0 Å². The monoisotopic (exact) mass is 298 g/mol. The van der Waals surface area contributed by atoms with Crippen LogP contribution in [0.25, 0.3) is 6.08 Å². The maximum atomic E-state index is 12.8. The van der Waals surface area contributed by atoms with Crippen LogP contribution >= 0.6 is 0 Å².